The minimum Gasteiger partial charge on any atom is -0.394 e. The van der Waals surface area contributed by atoms with Crippen LogP contribution in [-0.4, -0.2) is 57.3 Å². The summed E-state index contributed by atoms with van der Waals surface area (Å²) in [5.74, 6) is -0.593. The predicted molar refractivity (Wildman–Crippen MR) is 334 cm³/mol. The van der Waals surface area contributed by atoms with Crippen molar-refractivity contribution in [1.29, 1.82) is 0 Å². The Labute approximate surface area is 475 Å². The van der Waals surface area contributed by atoms with E-state index in [1.807, 2.05) is 0 Å². The van der Waals surface area contributed by atoms with Crippen LogP contribution in [0.3, 0.4) is 0 Å². The number of aliphatic hydroxyl groups excluding tert-OH is 4. The maximum absolute atomic E-state index is 12.6. The number of amides is 1. The molecule has 76 heavy (non-hydrogen) atoms. The van der Waals surface area contributed by atoms with Crippen molar-refractivity contribution >= 4 is 5.91 Å². The number of nitrogens with one attached hydrogen (secondary N) is 1. The summed E-state index contributed by atoms with van der Waals surface area (Å²) in [6, 6.07) is -1.01. The molecule has 5 N–H and O–H groups in total. The molecule has 0 fully saturated rings. The van der Waals surface area contributed by atoms with Crippen LogP contribution in [-0.2, 0) is 4.79 Å². The molecule has 4 unspecified atom stereocenters. The van der Waals surface area contributed by atoms with E-state index in [9.17, 15) is 25.2 Å². The van der Waals surface area contributed by atoms with Gasteiger partial charge in [0.2, 0.25) is 5.91 Å². The third-order valence-electron chi connectivity index (χ3n) is 16.3. The lowest BCUT2D eigenvalue weighted by Crippen LogP contribution is -2.53. The van der Waals surface area contributed by atoms with E-state index in [0.29, 0.717) is 19.3 Å². The highest BCUT2D eigenvalue weighted by Crippen LogP contribution is 2.19. The van der Waals surface area contributed by atoms with Crippen molar-refractivity contribution in [1.82, 2.24) is 5.32 Å². The van der Waals surface area contributed by atoms with Gasteiger partial charge in [0.1, 0.15) is 12.2 Å². The monoisotopic (exact) mass is 1070 g/mol. The molecule has 0 aromatic heterocycles. The minimum atomic E-state index is -1.29. The van der Waals surface area contributed by atoms with Crippen LogP contribution in [0.2, 0.25) is 0 Å². The molecule has 1 amide bonds. The lowest BCUT2D eigenvalue weighted by Gasteiger charge is -2.27. The molecule has 0 aliphatic heterocycles. The standard InChI is InChI=1S/C70H135NO5/c1-3-5-7-9-11-13-15-17-19-21-23-25-27-29-30-31-32-33-34-35-36-37-38-39-40-42-44-46-48-50-52-54-56-58-60-62-64-68(74)70(76)71-66(65-72)69(75)67(73)63-61-59-57-55-53-51-49-47-45-43-41-28-26-24-22-20-18-16-14-12-10-8-6-4-2/h28,41,47,49,55,57,66-69,72-75H,3-27,29-40,42-46,48,50-54,56,58-65H2,1-2H3,(H,71,76)/b41-28+,49-47+,57-55+. The van der Waals surface area contributed by atoms with Crippen LogP contribution in [0.5, 0.6) is 0 Å². The van der Waals surface area contributed by atoms with Gasteiger partial charge in [-0.15, -0.1) is 0 Å². The molecule has 0 spiro atoms. The molecule has 0 rings (SSSR count). The van der Waals surface area contributed by atoms with Crippen molar-refractivity contribution in [2.45, 2.75) is 398 Å². The second-order valence-corrected chi connectivity index (χ2v) is 23.9. The van der Waals surface area contributed by atoms with Crippen molar-refractivity contribution in [3.05, 3.63) is 36.5 Å². The van der Waals surface area contributed by atoms with Crippen LogP contribution in [0.4, 0.5) is 0 Å². The minimum absolute atomic E-state index is 0.362. The third-order valence-corrected chi connectivity index (χ3v) is 16.3. The summed E-state index contributed by atoms with van der Waals surface area (Å²) in [6.45, 7) is 4.09. The normalized spacial score (nSPS) is 13.7. The van der Waals surface area contributed by atoms with Crippen LogP contribution < -0.4 is 5.32 Å². The van der Waals surface area contributed by atoms with E-state index in [1.54, 1.807) is 0 Å². The number of carbonyl (C=O) groups is 1. The number of carbonyl (C=O) groups excluding carboxylic acids is 1. The van der Waals surface area contributed by atoms with Gasteiger partial charge >= 0.3 is 0 Å². The molecule has 0 aliphatic carbocycles. The Morgan fingerprint density at radius 3 is 0.829 bits per heavy atom. The van der Waals surface area contributed by atoms with Crippen LogP contribution >= 0.6 is 0 Å². The average Bonchev–Trinajstić information content (AvgIpc) is 3.42. The Morgan fingerprint density at radius 2 is 0.553 bits per heavy atom. The maximum Gasteiger partial charge on any atom is 0.249 e. The van der Waals surface area contributed by atoms with Crippen LogP contribution in [0.25, 0.3) is 0 Å². The Morgan fingerprint density at radius 1 is 0.316 bits per heavy atom. The van der Waals surface area contributed by atoms with Crippen molar-refractivity contribution in [2.24, 2.45) is 0 Å². The van der Waals surface area contributed by atoms with Gasteiger partial charge in [-0.1, -0.05) is 346 Å². The summed E-state index contributed by atoms with van der Waals surface area (Å²) in [5.41, 5.74) is 0. The first kappa shape index (κ1) is 74.5. The van der Waals surface area contributed by atoms with E-state index in [1.165, 1.54) is 289 Å². The van der Waals surface area contributed by atoms with Crippen molar-refractivity contribution in [3.8, 4) is 0 Å². The topological polar surface area (TPSA) is 110 Å². The van der Waals surface area contributed by atoms with Crippen molar-refractivity contribution in [3.63, 3.8) is 0 Å². The first-order valence-corrected chi connectivity index (χ1v) is 34.4. The summed E-state index contributed by atoms with van der Waals surface area (Å²) in [4.78, 5) is 12.6. The Kier molecular flexibility index (Phi) is 63.1. The van der Waals surface area contributed by atoms with E-state index in [-0.39, 0.29) is 0 Å². The summed E-state index contributed by atoms with van der Waals surface area (Å²) >= 11 is 0. The number of hydrogen-bond acceptors (Lipinski definition) is 5. The quantitative estimate of drug-likeness (QED) is 0.0308. The second-order valence-electron chi connectivity index (χ2n) is 23.9. The van der Waals surface area contributed by atoms with Gasteiger partial charge in [-0.05, 0) is 64.2 Å². The van der Waals surface area contributed by atoms with Gasteiger partial charge in [0.05, 0.1) is 18.8 Å². The van der Waals surface area contributed by atoms with Crippen LogP contribution in [0.1, 0.15) is 373 Å². The fourth-order valence-electron chi connectivity index (χ4n) is 11.0. The molecule has 0 saturated carbocycles. The van der Waals surface area contributed by atoms with E-state index < -0.39 is 36.9 Å². The van der Waals surface area contributed by atoms with Gasteiger partial charge in [0, 0.05) is 0 Å². The SMILES string of the molecule is CCCCCCCCCCCCC/C=C/CC/C=C/CC/C=C/CCCC(O)C(O)C(CO)NC(=O)C(O)CCCCCCCCCCCCCCCCCCCCCCCCCCCCCCCCCCCCCC. The summed E-state index contributed by atoms with van der Waals surface area (Å²) in [6.07, 6.45) is 82.8. The Hall–Kier alpha value is -1.47. The second kappa shape index (κ2) is 64.4. The molecule has 0 aromatic carbocycles. The van der Waals surface area contributed by atoms with Crippen molar-refractivity contribution < 1.29 is 25.2 Å². The molecular formula is C70H135NO5. The lowest BCUT2D eigenvalue weighted by molar-refractivity contribution is -0.132. The summed E-state index contributed by atoms with van der Waals surface area (Å²) < 4.78 is 0. The molecular weight excluding hydrogens is 935 g/mol. The van der Waals surface area contributed by atoms with Gasteiger partial charge in [0.25, 0.3) is 0 Å². The van der Waals surface area contributed by atoms with Crippen LogP contribution in [0.15, 0.2) is 36.5 Å². The highest BCUT2D eigenvalue weighted by atomic mass is 16.3. The molecule has 0 bridgehead atoms. The average molecular weight is 1070 g/mol. The third kappa shape index (κ3) is 57.2. The molecule has 6 heteroatoms. The molecule has 4 atom stereocenters. The molecule has 0 radical (unpaired) electrons. The summed E-state index contributed by atoms with van der Waals surface area (Å²) in [5, 5.41) is 44.1. The first-order valence-electron chi connectivity index (χ1n) is 34.4. The van der Waals surface area contributed by atoms with Gasteiger partial charge in [-0.25, -0.2) is 0 Å². The highest BCUT2D eigenvalue weighted by molar-refractivity contribution is 5.80. The van der Waals surface area contributed by atoms with E-state index >= 15 is 0 Å². The van der Waals surface area contributed by atoms with Gasteiger partial charge in [0.15, 0.2) is 0 Å². The largest absolute Gasteiger partial charge is 0.394 e. The molecule has 0 aliphatic rings. The van der Waals surface area contributed by atoms with Gasteiger partial charge < -0.3 is 25.7 Å². The Balaban J connectivity index is 3.56. The number of aliphatic hydroxyl groups is 4. The first-order chi connectivity index (χ1) is 37.5. The number of allylic oxidation sites excluding steroid dienone is 6. The zero-order valence-corrected chi connectivity index (χ0v) is 51.3. The zero-order chi connectivity index (χ0) is 55.1. The van der Waals surface area contributed by atoms with Gasteiger partial charge in [-0.2, -0.15) is 0 Å². The predicted octanol–water partition coefficient (Wildman–Crippen LogP) is 21.1. The molecule has 450 valence electrons. The van der Waals surface area contributed by atoms with Crippen LogP contribution in [0, 0.1) is 0 Å². The van der Waals surface area contributed by atoms with E-state index in [0.717, 1.165) is 51.4 Å². The van der Waals surface area contributed by atoms with E-state index in [4.69, 9.17) is 0 Å². The summed E-state index contributed by atoms with van der Waals surface area (Å²) in [7, 11) is 0. The molecule has 0 heterocycles. The Bertz CT molecular complexity index is 1200. The molecule has 0 saturated heterocycles. The molecule has 0 aromatic rings. The maximum atomic E-state index is 12.6. The smallest absolute Gasteiger partial charge is 0.249 e. The zero-order valence-electron chi connectivity index (χ0n) is 51.3. The number of unbranched alkanes of at least 4 members (excludes halogenated alkanes) is 49. The molecule has 6 nitrogen and oxygen atoms in total. The number of rotatable bonds is 64. The van der Waals surface area contributed by atoms with Crippen molar-refractivity contribution in [2.75, 3.05) is 6.61 Å². The van der Waals surface area contributed by atoms with E-state index in [2.05, 4.69) is 55.6 Å². The fourth-order valence-corrected chi connectivity index (χ4v) is 11.0. The highest BCUT2D eigenvalue weighted by Gasteiger charge is 2.28. The lowest BCUT2D eigenvalue weighted by atomic mass is 10.00. The number of hydrogen-bond donors (Lipinski definition) is 5. The fraction of sp³-hybridized carbons (Fsp3) is 0.900. The van der Waals surface area contributed by atoms with Gasteiger partial charge in [-0.3, -0.25) is 4.79 Å².